The molecule has 0 spiro atoms. The normalized spacial score (nSPS) is 21.1. The van der Waals surface area contributed by atoms with E-state index in [-0.39, 0.29) is 35.1 Å². The molecule has 1 aromatic carbocycles. The number of amides is 1. The Labute approximate surface area is 347 Å². The number of fused-ring (bicyclic) bond motifs is 2. The number of unbranched alkanes of at least 4 members (excludes halogenated alkanes) is 11. The van der Waals surface area contributed by atoms with Crippen LogP contribution >= 0.6 is 15.9 Å². The highest BCUT2D eigenvalue weighted by atomic mass is 79.9. The molecule has 11 heteroatoms. The van der Waals surface area contributed by atoms with E-state index < -0.39 is 0 Å². The first-order valence-electron chi connectivity index (χ1n) is 21.7. The number of piperidine rings is 1. The van der Waals surface area contributed by atoms with Crippen molar-refractivity contribution in [2.75, 3.05) is 25.1 Å². The van der Waals surface area contributed by atoms with E-state index in [2.05, 4.69) is 78.7 Å². The molecule has 0 radical (unpaired) electrons. The highest BCUT2D eigenvalue weighted by molar-refractivity contribution is 9.10. The molecule has 1 N–H and O–H groups in total. The molecule has 3 aliphatic rings. The quantitative estimate of drug-likeness (QED) is 0.0501. The minimum Gasteiger partial charge on any atom is -0.380 e. The number of aromatic nitrogens is 5. The Hall–Kier alpha value is -3.54. The van der Waals surface area contributed by atoms with Gasteiger partial charge in [-0.2, -0.15) is 5.10 Å². The summed E-state index contributed by atoms with van der Waals surface area (Å²) in [6, 6.07) is 8.19. The summed E-state index contributed by atoms with van der Waals surface area (Å²) in [5, 5.41) is 9.19. The number of aryl methyl sites for hydroxylation is 2. The van der Waals surface area contributed by atoms with Crippen molar-refractivity contribution in [3.05, 3.63) is 63.9 Å². The van der Waals surface area contributed by atoms with Gasteiger partial charge in [-0.3, -0.25) is 19.2 Å². The zero-order valence-corrected chi connectivity index (χ0v) is 36.4. The topological polar surface area (TPSA) is 115 Å². The lowest BCUT2D eigenvalue weighted by Gasteiger charge is -2.31. The summed E-state index contributed by atoms with van der Waals surface area (Å²) in [6.45, 7) is 12.3. The molecule has 3 fully saturated rings. The molecule has 10 nitrogen and oxygen atoms in total. The van der Waals surface area contributed by atoms with Crippen molar-refractivity contribution in [1.82, 2.24) is 29.6 Å². The Balaban J connectivity index is 1.12. The van der Waals surface area contributed by atoms with Crippen LogP contribution in [0.15, 0.2) is 41.3 Å². The maximum absolute atomic E-state index is 14.1. The number of benzene rings is 1. The molecule has 7 rings (SSSR count). The van der Waals surface area contributed by atoms with Crippen molar-refractivity contribution in [3.63, 3.8) is 0 Å². The van der Waals surface area contributed by atoms with E-state index in [9.17, 15) is 9.59 Å². The minimum atomic E-state index is -0.269. The molecule has 306 valence electrons. The number of ether oxygens (including phenoxy) is 1. The lowest BCUT2D eigenvalue weighted by molar-refractivity contribution is -0.121. The summed E-state index contributed by atoms with van der Waals surface area (Å²) in [7, 11) is 0. The standard InChI is InChI=1S/C46H62BrN7O3/c1-6-7-8-9-10-11-12-13-14-15-16-17-18-36(27-53-38(23-46(5)24-39(46)53)45(56)51-43-30(2)19-20-40(47)50-43)54-42-31(3)21-33(22-37(42)41(52-54)32(4)55)34-25-48-44(49-26-34)35-28-57-29-35/h19-22,25-26,35-36,38-39H,6-18,23-24,27-29H2,1-5H3,(H,50,51,56)/t36?,38-,39+,46-/m0/s1. The van der Waals surface area contributed by atoms with Crippen molar-refractivity contribution in [1.29, 1.82) is 0 Å². The van der Waals surface area contributed by atoms with E-state index in [0.29, 0.717) is 41.9 Å². The van der Waals surface area contributed by atoms with Crippen LogP contribution in [0.25, 0.3) is 22.0 Å². The van der Waals surface area contributed by atoms with Crippen molar-refractivity contribution < 1.29 is 14.3 Å². The second kappa shape index (κ2) is 18.6. The second-order valence-corrected chi connectivity index (χ2v) is 18.3. The fourth-order valence-corrected chi connectivity index (χ4v) is 9.54. The molecular weight excluding hydrogens is 778 g/mol. The summed E-state index contributed by atoms with van der Waals surface area (Å²) >= 11 is 3.48. The molecule has 1 amide bonds. The van der Waals surface area contributed by atoms with Crippen LogP contribution in [0.1, 0.15) is 156 Å². The zero-order valence-electron chi connectivity index (χ0n) is 34.8. The van der Waals surface area contributed by atoms with Gasteiger partial charge in [0.1, 0.15) is 21.9 Å². The smallest absolute Gasteiger partial charge is 0.242 e. The monoisotopic (exact) mass is 839 g/mol. The predicted octanol–water partition coefficient (Wildman–Crippen LogP) is 10.7. The molecule has 0 bridgehead atoms. The van der Waals surface area contributed by atoms with Gasteiger partial charge in [0.2, 0.25) is 5.91 Å². The number of anilines is 1. The number of Topliss-reactive ketones (excluding diaryl/α,β-unsaturated/α-hetero) is 1. The van der Waals surface area contributed by atoms with Gasteiger partial charge in [0.15, 0.2) is 5.78 Å². The van der Waals surface area contributed by atoms with Crippen LogP contribution in [0, 0.1) is 19.3 Å². The van der Waals surface area contributed by atoms with Crippen LogP contribution in [-0.4, -0.2) is 73.2 Å². The summed E-state index contributed by atoms with van der Waals surface area (Å²) in [5.41, 5.74) is 5.47. The van der Waals surface area contributed by atoms with Gasteiger partial charge in [-0.1, -0.05) is 97.0 Å². The Morgan fingerprint density at radius 1 is 0.912 bits per heavy atom. The number of ketones is 1. The number of carbonyl (C=O) groups is 2. The minimum absolute atomic E-state index is 0.00474. The van der Waals surface area contributed by atoms with Gasteiger partial charge < -0.3 is 10.1 Å². The third kappa shape index (κ3) is 9.68. The zero-order chi connectivity index (χ0) is 40.1. The predicted molar refractivity (Wildman–Crippen MR) is 231 cm³/mol. The highest BCUT2D eigenvalue weighted by Crippen LogP contribution is 2.59. The molecule has 5 heterocycles. The number of nitrogens with zero attached hydrogens (tertiary/aromatic N) is 6. The number of pyridine rings is 1. The van der Waals surface area contributed by atoms with Crippen molar-refractivity contribution >= 4 is 44.3 Å². The Kier molecular flexibility index (Phi) is 13.6. The SMILES string of the molecule is CCCCCCCCCCCCCCC(CN1[C@H](C(=O)Nc2nc(Br)ccc2C)C[C@@]2(C)C[C@@H]12)n1nc(C(C)=O)c2cc(-c3cnc(C4COC4)nc3)cc(C)c21. The van der Waals surface area contributed by atoms with Gasteiger partial charge in [-0.25, -0.2) is 15.0 Å². The summed E-state index contributed by atoms with van der Waals surface area (Å²) in [6.07, 6.45) is 22.1. The van der Waals surface area contributed by atoms with Crippen LogP contribution in [0.4, 0.5) is 5.82 Å². The fourth-order valence-electron chi connectivity index (χ4n) is 9.23. The first kappa shape index (κ1) is 41.6. The van der Waals surface area contributed by atoms with Crippen LogP contribution in [0.5, 0.6) is 0 Å². The van der Waals surface area contributed by atoms with Gasteiger partial charge in [-0.15, -0.1) is 0 Å². The Bertz CT molecular complexity index is 2030. The lowest BCUT2D eigenvalue weighted by Crippen LogP contribution is -2.45. The molecule has 1 saturated carbocycles. The largest absolute Gasteiger partial charge is 0.380 e. The molecule has 4 atom stereocenters. The first-order valence-corrected chi connectivity index (χ1v) is 22.5. The van der Waals surface area contributed by atoms with E-state index >= 15 is 0 Å². The van der Waals surface area contributed by atoms with Gasteiger partial charge in [0, 0.05) is 42.9 Å². The molecule has 2 saturated heterocycles. The second-order valence-electron chi connectivity index (χ2n) is 17.5. The van der Waals surface area contributed by atoms with E-state index in [1.54, 1.807) is 6.92 Å². The van der Waals surface area contributed by atoms with Gasteiger partial charge in [0.05, 0.1) is 36.7 Å². The van der Waals surface area contributed by atoms with Crippen LogP contribution in [-0.2, 0) is 9.53 Å². The molecular formula is C46H62BrN7O3. The molecule has 2 aliphatic heterocycles. The third-order valence-electron chi connectivity index (χ3n) is 12.9. The van der Waals surface area contributed by atoms with Crippen molar-refractivity contribution in [3.8, 4) is 11.1 Å². The molecule has 1 unspecified atom stereocenters. The first-order chi connectivity index (χ1) is 27.6. The van der Waals surface area contributed by atoms with E-state index in [0.717, 1.165) is 71.1 Å². The molecule has 1 aliphatic carbocycles. The number of nitrogens with one attached hydrogen (secondary N) is 1. The van der Waals surface area contributed by atoms with Crippen LogP contribution < -0.4 is 5.32 Å². The maximum Gasteiger partial charge on any atom is 0.242 e. The van der Waals surface area contributed by atoms with Gasteiger partial charge in [0.25, 0.3) is 0 Å². The van der Waals surface area contributed by atoms with Crippen molar-refractivity contribution in [2.24, 2.45) is 5.41 Å². The van der Waals surface area contributed by atoms with Gasteiger partial charge in [-0.05, 0) is 89.3 Å². The van der Waals surface area contributed by atoms with Crippen molar-refractivity contribution in [2.45, 2.75) is 155 Å². The third-order valence-corrected chi connectivity index (χ3v) is 13.3. The molecule has 4 aromatic rings. The van der Waals surface area contributed by atoms with Gasteiger partial charge >= 0.3 is 0 Å². The molecule has 57 heavy (non-hydrogen) atoms. The average molecular weight is 841 g/mol. The Morgan fingerprint density at radius 2 is 1.58 bits per heavy atom. The van der Waals surface area contributed by atoms with Crippen LogP contribution in [0.2, 0.25) is 0 Å². The summed E-state index contributed by atoms with van der Waals surface area (Å²) in [4.78, 5) is 43.8. The summed E-state index contributed by atoms with van der Waals surface area (Å²) in [5.74, 6) is 1.60. The number of halogens is 1. The number of likely N-dealkylation sites (tertiary alicyclic amines) is 1. The average Bonchev–Trinajstić information content (AvgIpc) is 3.53. The van der Waals surface area contributed by atoms with Crippen LogP contribution in [0.3, 0.4) is 0 Å². The highest BCUT2D eigenvalue weighted by Gasteiger charge is 2.63. The molecule has 3 aromatic heterocycles. The fraction of sp³-hybridized carbons (Fsp3) is 0.609. The number of hydrogen-bond donors (Lipinski definition) is 1. The van der Waals surface area contributed by atoms with E-state index in [4.69, 9.17) is 9.84 Å². The Morgan fingerprint density at radius 3 is 2.21 bits per heavy atom. The number of carbonyl (C=O) groups excluding carboxylic acids is 2. The lowest BCUT2D eigenvalue weighted by atomic mass is 9.99. The maximum atomic E-state index is 14.1. The van der Waals surface area contributed by atoms with E-state index in [1.807, 2.05) is 31.5 Å². The number of hydrogen-bond acceptors (Lipinski definition) is 8. The number of rotatable bonds is 21. The van der Waals surface area contributed by atoms with E-state index in [1.165, 1.54) is 64.2 Å². The summed E-state index contributed by atoms with van der Waals surface area (Å²) < 4.78 is 8.19.